The van der Waals surface area contributed by atoms with Crippen LogP contribution >= 0.6 is 0 Å². The number of carbonyl (C=O) groups is 1. The van der Waals surface area contributed by atoms with Crippen LogP contribution < -0.4 is 5.32 Å². The molecule has 16 heavy (non-hydrogen) atoms. The molecule has 0 spiro atoms. The summed E-state index contributed by atoms with van der Waals surface area (Å²) in [5, 5.41) is 21.8. The first-order chi connectivity index (χ1) is 7.41. The van der Waals surface area contributed by atoms with Gasteiger partial charge in [0.1, 0.15) is 11.9 Å². The predicted molar refractivity (Wildman–Crippen MR) is 56.3 cm³/mol. The highest BCUT2D eigenvalue weighted by atomic mass is 16.6. The highest BCUT2D eigenvalue weighted by Crippen LogP contribution is 2.20. The van der Waals surface area contributed by atoms with Crippen LogP contribution in [0.5, 0.6) is 0 Å². The van der Waals surface area contributed by atoms with E-state index in [0.717, 1.165) is 0 Å². The molecule has 1 atom stereocenters. The average molecular weight is 225 g/mol. The molecule has 0 amide bonds. The molecule has 1 aromatic heterocycles. The average Bonchev–Trinajstić information content (AvgIpc) is 2.20. The molecule has 0 unspecified atom stereocenters. The van der Waals surface area contributed by atoms with Gasteiger partial charge in [-0.1, -0.05) is 0 Å². The zero-order valence-electron chi connectivity index (χ0n) is 8.80. The molecule has 7 heteroatoms. The van der Waals surface area contributed by atoms with E-state index in [-0.39, 0.29) is 11.5 Å². The molecule has 1 aromatic rings. The van der Waals surface area contributed by atoms with Crippen molar-refractivity contribution >= 4 is 17.5 Å². The van der Waals surface area contributed by atoms with Crippen molar-refractivity contribution in [2.24, 2.45) is 0 Å². The summed E-state index contributed by atoms with van der Waals surface area (Å²) < 4.78 is 0. The Morgan fingerprint density at radius 3 is 2.81 bits per heavy atom. The Morgan fingerprint density at radius 2 is 2.31 bits per heavy atom. The van der Waals surface area contributed by atoms with Gasteiger partial charge in [0.25, 0.3) is 5.69 Å². The summed E-state index contributed by atoms with van der Waals surface area (Å²) in [5.74, 6) is -0.878. The number of aliphatic carboxylic acids is 1. The third kappa shape index (κ3) is 2.66. The molecule has 0 fully saturated rings. The largest absolute Gasteiger partial charge is 0.480 e. The van der Waals surface area contributed by atoms with E-state index >= 15 is 0 Å². The van der Waals surface area contributed by atoms with Crippen LogP contribution in [-0.2, 0) is 4.79 Å². The van der Waals surface area contributed by atoms with E-state index in [9.17, 15) is 14.9 Å². The lowest BCUT2D eigenvalue weighted by Crippen LogP contribution is -2.25. The second kappa shape index (κ2) is 4.56. The smallest absolute Gasteiger partial charge is 0.325 e. The SMILES string of the molecule is Cc1cnc(N[C@@H](C)C(=O)O)cc1[N+](=O)[O-]. The molecule has 1 heterocycles. The van der Waals surface area contributed by atoms with Crippen LogP contribution in [0.25, 0.3) is 0 Å². The van der Waals surface area contributed by atoms with Crippen molar-refractivity contribution in [1.82, 2.24) is 4.98 Å². The number of carboxylic acids is 1. The molecule has 0 bridgehead atoms. The van der Waals surface area contributed by atoms with Crippen molar-refractivity contribution in [3.05, 3.63) is 27.9 Å². The first kappa shape index (κ1) is 11.9. The number of nitro groups is 1. The van der Waals surface area contributed by atoms with Crippen LogP contribution in [-0.4, -0.2) is 27.0 Å². The molecule has 0 radical (unpaired) electrons. The fraction of sp³-hybridized carbons (Fsp3) is 0.333. The monoisotopic (exact) mass is 225 g/mol. The van der Waals surface area contributed by atoms with Crippen LogP contribution in [0.4, 0.5) is 11.5 Å². The molecule has 86 valence electrons. The summed E-state index contributed by atoms with van der Waals surface area (Å²) >= 11 is 0. The molecule has 7 nitrogen and oxygen atoms in total. The lowest BCUT2D eigenvalue weighted by molar-refractivity contribution is -0.385. The van der Waals surface area contributed by atoms with Crippen molar-refractivity contribution in [2.75, 3.05) is 5.32 Å². The Morgan fingerprint density at radius 1 is 1.69 bits per heavy atom. The summed E-state index contributed by atoms with van der Waals surface area (Å²) in [4.78, 5) is 24.5. The first-order valence-electron chi connectivity index (χ1n) is 4.52. The topological polar surface area (TPSA) is 105 Å². The van der Waals surface area contributed by atoms with Gasteiger partial charge in [0.05, 0.1) is 11.0 Å². The maximum atomic E-state index is 10.6. The number of aryl methyl sites for hydroxylation is 1. The van der Waals surface area contributed by atoms with Crippen molar-refractivity contribution in [2.45, 2.75) is 19.9 Å². The summed E-state index contributed by atoms with van der Waals surface area (Å²) in [5.41, 5.74) is 0.341. The first-order valence-corrected chi connectivity index (χ1v) is 4.52. The summed E-state index contributed by atoms with van der Waals surface area (Å²) in [6.07, 6.45) is 1.33. The number of carboxylic acid groups (broad SMARTS) is 1. The fourth-order valence-electron chi connectivity index (χ4n) is 1.07. The normalized spacial score (nSPS) is 11.9. The number of rotatable bonds is 4. The standard InChI is InChI=1S/C9H11N3O4/c1-5-4-10-8(3-7(5)12(15)16)11-6(2)9(13)14/h3-4,6H,1-2H3,(H,10,11)(H,13,14)/t6-/m0/s1. The van der Waals surface area contributed by atoms with Gasteiger partial charge in [-0.15, -0.1) is 0 Å². The van der Waals surface area contributed by atoms with Crippen molar-refractivity contribution in [3.8, 4) is 0 Å². The minimum Gasteiger partial charge on any atom is -0.480 e. The van der Waals surface area contributed by atoms with E-state index in [1.54, 1.807) is 6.92 Å². The lowest BCUT2D eigenvalue weighted by Gasteiger charge is -2.09. The van der Waals surface area contributed by atoms with Gasteiger partial charge in [0, 0.05) is 11.8 Å². The molecule has 1 rings (SSSR count). The zero-order chi connectivity index (χ0) is 12.3. The minimum absolute atomic E-state index is 0.0879. The second-order valence-corrected chi connectivity index (χ2v) is 3.32. The Hall–Kier alpha value is -2.18. The highest BCUT2D eigenvalue weighted by molar-refractivity contribution is 5.76. The molecule has 0 saturated carbocycles. The Balaban J connectivity index is 2.95. The summed E-state index contributed by atoms with van der Waals surface area (Å²) in [6, 6.07) is 0.365. The molecule has 0 aliphatic carbocycles. The fourth-order valence-corrected chi connectivity index (χ4v) is 1.07. The Bertz CT molecular complexity index is 433. The quantitative estimate of drug-likeness (QED) is 0.588. The van der Waals surface area contributed by atoms with E-state index in [1.807, 2.05) is 0 Å². The van der Waals surface area contributed by atoms with Gasteiger partial charge in [-0.05, 0) is 13.8 Å². The van der Waals surface area contributed by atoms with Gasteiger partial charge in [-0.3, -0.25) is 14.9 Å². The van der Waals surface area contributed by atoms with Crippen LogP contribution in [0.1, 0.15) is 12.5 Å². The summed E-state index contributed by atoms with van der Waals surface area (Å²) in [7, 11) is 0. The van der Waals surface area contributed by atoms with Gasteiger partial charge >= 0.3 is 5.97 Å². The van der Waals surface area contributed by atoms with Crippen LogP contribution in [0.3, 0.4) is 0 Å². The molecule has 0 saturated heterocycles. The van der Waals surface area contributed by atoms with Crippen LogP contribution in [0.15, 0.2) is 12.3 Å². The number of aromatic nitrogens is 1. The molecular weight excluding hydrogens is 214 g/mol. The van der Waals surface area contributed by atoms with Crippen molar-refractivity contribution in [1.29, 1.82) is 0 Å². The number of nitrogens with one attached hydrogen (secondary N) is 1. The highest BCUT2D eigenvalue weighted by Gasteiger charge is 2.15. The summed E-state index contributed by atoms with van der Waals surface area (Å²) in [6.45, 7) is 2.99. The molecule has 0 aliphatic heterocycles. The number of hydrogen-bond acceptors (Lipinski definition) is 5. The molecule has 2 N–H and O–H groups in total. The maximum absolute atomic E-state index is 10.6. The van der Waals surface area contributed by atoms with E-state index in [4.69, 9.17) is 5.11 Å². The minimum atomic E-state index is -1.05. The molecule has 0 aliphatic rings. The van der Waals surface area contributed by atoms with Crippen LogP contribution in [0, 0.1) is 17.0 Å². The third-order valence-corrected chi connectivity index (χ3v) is 2.01. The Kier molecular flexibility index (Phi) is 3.39. The van der Waals surface area contributed by atoms with Gasteiger partial charge in [0.15, 0.2) is 0 Å². The van der Waals surface area contributed by atoms with Gasteiger partial charge < -0.3 is 10.4 Å². The van der Waals surface area contributed by atoms with E-state index in [2.05, 4.69) is 10.3 Å². The zero-order valence-corrected chi connectivity index (χ0v) is 8.80. The van der Waals surface area contributed by atoms with Crippen LogP contribution in [0.2, 0.25) is 0 Å². The van der Waals surface area contributed by atoms with Gasteiger partial charge in [0.2, 0.25) is 0 Å². The number of anilines is 1. The Labute approximate surface area is 91.3 Å². The number of nitrogens with zero attached hydrogens (tertiary/aromatic N) is 2. The molecular formula is C9H11N3O4. The number of hydrogen-bond donors (Lipinski definition) is 2. The predicted octanol–water partition coefficient (Wildman–Crippen LogP) is 1.18. The van der Waals surface area contributed by atoms with Crippen molar-refractivity contribution in [3.63, 3.8) is 0 Å². The van der Waals surface area contributed by atoms with E-state index in [0.29, 0.717) is 5.56 Å². The van der Waals surface area contributed by atoms with E-state index < -0.39 is 16.9 Å². The maximum Gasteiger partial charge on any atom is 0.325 e. The number of pyridine rings is 1. The second-order valence-electron chi connectivity index (χ2n) is 3.32. The third-order valence-electron chi connectivity index (χ3n) is 2.01. The van der Waals surface area contributed by atoms with Gasteiger partial charge in [-0.25, -0.2) is 4.98 Å². The van der Waals surface area contributed by atoms with Gasteiger partial charge in [-0.2, -0.15) is 0 Å². The molecule has 0 aromatic carbocycles. The van der Waals surface area contributed by atoms with Crippen molar-refractivity contribution < 1.29 is 14.8 Å². The van der Waals surface area contributed by atoms with E-state index in [1.165, 1.54) is 19.2 Å². The lowest BCUT2D eigenvalue weighted by atomic mass is 10.2.